The first kappa shape index (κ1) is 31.0. The lowest BCUT2D eigenvalue weighted by Crippen LogP contribution is -2.57. The van der Waals surface area contributed by atoms with E-state index >= 15 is 4.39 Å². The molecule has 1 unspecified atom stereocenters. The van der Waals surface area contributed by atoms with E-state index < -0.39 is 17.4 Å². The van der Waals surface area contributed by atoms with Crippen LogP contribution in [0.4, 0.5) is 10.2 Å². The minimum atomic E-state index is -0.701. The SMILES string of the molecule is C=CC(=O)N1CCN2C(=O)c3c(N4CC(N(C)CCCOC)CC4(C)C)nc(-c4c(O)cccc4F)c(Cl)c3OC[C@H]2C1. The number of hydrogen-bond acceptors (Lipinski definition) is 8. The van der Waals surface area contributed by atoms with Crippen LogP contribution in [0.25, 0.3) is 11.3 Å². The lowest BCUT2D eigenvalue weighted by molar-refractivity contribution is -0.128. The molecule has 3 aliphatic rings. The minimum absolute atomic E-state index is 0.00477. The van der Waals surface area contributed by atoms with Gasteiger partial charge in [0, 0.05) is 58.0 Å². The molecular formula is C31H39ClFN5O5. The van der Waals surface area contributed by atoms with E-state index in [-0.39, 0.29) is 64.4 Å². The number of likely N-dealkylation sites (N-methyl/N-ethyl adjacent to an activating group) is 1. The summed E-state index contributed by atoms with van der Waals surface area (Å²) in [7, 11) is 3.76. The number of fused-ring (bicyclic) bond motifs is 2. The number of pyridine rings is 1. The highest BCUT2D eigenvalue weighted by Gasteiger charge is 2.46. The number of carbonyl (C=O) groups is 2. The van der Waals surface area contributed by atoms with Gasteiger partial charge < -0.3 is 34.2 Å². The Bertz CT molecular complexity index is 1400. The summed E-state index contributed by atoms with van der Waals surface area (Å²) in [4.78, 5) is 39.3. The summed E-state index contributed by atoms with van der Waals surface area (Å²) in [6, 6.07) is 3.70. The first-order valence-electron chi connectivity index (χ1n) is 14.5. The third kappa shape index (κ3) is 5.77. The zero-order valence-electron chi connectivity index (χ0n) is 25.1. The van der Waals surface area contributed by atoms with Gasteiger partial charge in [-0.15, -0.1) is 0 Å². The van der Waals surface area contributed by atoms with Crippen LogP contribution < -0.4 is 9.64 Å². The van der Waals surface area contributed by atoms with Gasteiger partial charge in [0.2, 0.25) is 5.91 Å². The van der Waals surface area contributed by atoms with Crippen molar-refractivity contribution in [1.29, 1.82) is 0 Å². The third-order valence-electron chi connectivity index (χ3n) is 8.77. The number of carbonyl (C=O) groups excluding carboxylic acids is 2. The van der Waals surface area contributed by atoms with Crippen LogP contribution in [0.3, 0.4) is 0 Å². The van der Waals surface area contributed by atoms with Gasteiger partial charge in [0.15, 0.2) is 5.75 Å². The van der Waals surface area contributed by atoms with Crippen LogP contribution in [0.15, 0.2) is 30.9 Å². The Kier molecular flexibility index (Phi) is 8.87. The molecule has 0 spiro atoms. The standard InChI is InChI=1S/C31H39ClFN5O5/c1-6-23(40)36-12-13-37-20(16-36)18-43-28-25(30(37)41)29(34-27(26(28)32)24-21(33)9-7-10-22(24)39)38-17-19(15-31(38,2)3)35(4)11-8-14-42-5/h6-7,9-10,19-20,39H,1,8,11-18H2,2-5H3/t19?,20-/m1/s1. The molecule has 1 aromatic heterocycles. The van der Waals surface area contributed by atoms with Crippen molar-refractivity contribution in [3.05, 3.63) is 47.3 Å². The lowest BCUT2D eigenvalue weighted by atomic mass is 9.98. The maximum Gasteiger partial charge on any atom is 0.261 e. The fourth-order valence-electron chi connectivity index (χ4n) is 6.40. The first-order chi connectivity index (χ1) is 20.5. The van der Waals surface area contributed by atoms with E-state index in [1.165, 1.54) is 24.3 Å². The largest absolute Gasteiger partial charge is 0.507 e. The van der Waals surface area contributed by atoms with Gasteiger partial charge in [-0.25, -0.2) is 9.37 Å². The monoisotopic (exact) mass is 615 g/mol. The number of anilines is 1. The predicted octanol–water partition coefficient (Wildman–Crippen LogP) is 3.80. The Labute approximate surface area is 256 Å². The Morgan fingerprint density at radius 1 is 1.33 bits per heavy atom. The number of aromatic nitrogens is 1. The molecule has 0 aliphatic carbocycles. The van der Waals surface area contributed by atoms with Gasteiger partial charge >= 0.3 is 0 Å². The number of halogens is 2. The van der Waals surface area contributed by atoms with Crippen LogP contribution in [0, 0.1) is 5.82 Å². The second-order valence-electron chi connectivity index (χ2n) is 12.0. The molecule has 232 valence electrons. The van der Waals surface area contributed by atoms with Gasteiger partial charge in [0.1, 0.15) is 40.3 Å². The molecule has 4 heterocycles. The normalized spacial score (nSPS) is 21.4. The van der Waals surface area contributed by atoms with Gasteiger partial charge in [-0.3, -0.25) is 9.59 Å². The highest BCUT2D eigenvalue weighted by atomic mass is 35.5. The summed E-state index contributed by atoms with van der Waals surface area (Å²) in [5, 5.41) is 10.6. The maximum absolute atomic E-state index is 15.2. The molecule has 2 atom stereocenters. The summed E-state index contributed by atoms with van der Waals surface area (Å²) >= 11 is 6.89. The van der Waals surface area contributed by atoms with Crippen LogP contribution >= 0.6 is 11.6 Å². The summed E-state index contributed by atoms with van der Waals surface area (Å²) in [6.07, 6.45) is 2.92. The van der Waals surface area contributed by atoms with Gasteiger partial charge in [-0.2, -0.15) is 0 Å². The molecule has 0 saturated carbocycles. The minimum Gasteiger partial charge on any atom is -0.507 e. The molecule has 2 fully saturated rings. The van der Waals surface area contributed by atoms with Gasteiger partial charge in [-0.05, 0) is 51.9 Å². The van der Waals surface area contributed by atoms with Crippen LogP contribution in [-0.4, -0.2) is 114 Å². The van der Waals surface area contributed by atoms with Crippen LogP contribution in [0.1, 0.15) is 37.0 Å². The first-order valence-corrected chi connectivity index (χ1v) is 14.9. The Hall–Kier alpha value is -3.41. The Morgan fingerprint density at radius 2 is 2.09 bits per heavy atom. The summed E-state index contributed by atoms with van der Waals surface area (Å²) in [6.45, 7) is 10.8. The number of rotatable bonds is 8. The van der Waals surface area contributed by atoms with Crippen molar-refractivity contribution in [2.24, 2.45) is 0 Å². The molecule has 2 saturated heterocycles. The molecular weight excluding hydrogens is 577 g/mol. The van der Waals surface area contributed by atoms with Crippen LogP contribution in [0.5, 0.6) is 11.5 Å². The highest BCUT2D eigenvalue weighted by Crippen LogP contribution is 2.48. The molecule has 0 radical (unpaired) electrons. The zero-order chi connectivity index (χ0) is 31.1. The van der Waals surface area contributed by atoms with Crippen molar-refractivity contribution in [2.45, 2.75) is 44.3 Å². The maximum atomic E-state index is 15.2. The summed E-state index contributed by atoms with van der Waals surface area (Å²) in [5.41, 5.74) is -0.409. The number of aromatic hydroxyl groups is 1. The van der Waals surface area contributed by atoms with Crippen molar-refractivity contribution in [2.75, 3.05) is 65.0 Å². The number of ether oxygens (including phenoxy) is 2. The molecule has 43 heavy (non-hydrogen) atoms. The summed E-state index contributed by atoms with van der Waals surface area (Å²) in [5.74, 6) is -1.14. The van der Waals surface area contributed by atoms with Crippen molar-refractivity contribution < 1.29 is 28.6 Å². The smallest absolute Gasteiger partial charge is 0.261 e. The van der Waals surface area contributed by atoms with Crippen LogP contribution in [0.2, 0.25) is 5.02 Å². The molecule has 0 bridgehead atoms. The predicted molar refractivity (Wildman–Crippen MR) is 162 cm³/mol. The quantitative estimate of drug-likeness (QED) is 0.354. The number of piperazine rings is 1. The molecule has 3 aliphatic heterocycles. The Morgan fingerprint density at radius 3 is 2.79 bits per heavy atom. The number of hydrogen-bond donors (Lipinski definition) is 1. The number of phenols is 1. The van der Waals surface area contributed by atoms with Crippen molar-refractivity contribution in [1.82, 2.24) is 19.7 Å². The fraction of sp³-hybridized carbons (Fsp3) is 0.516. The van der Waals surface area contributed by atoms with E-state index in [9.17, 15) is 14.7 Å². The second kappa shape index (κ2) is 12.3. The second-order valence-corrected chi connectivity index (χ2v) is 12.4. The number of methoxy groups -OCH3 is 1. The van der Waals surface area contributed by atoms with Crippen molar-refractivity contribution in [3.63, 3.8) is 0 Å². The van der Waals surface area contributed by atoms with E-state index in [1.807, 2.05) is 0 Å². The fourth-order valence-corrected chi connectivity index (χ4v) is 6.69. The molecule has 2 amide bonds. The number of phenolic OH excluding ortho intramolecular Hbond substituents is 1. The number of benzene rings is 1. The molecule has 12 heteroatoms. The average Bonchev–Trinajstić information content (AvgIpc) is 3.22. The van der Waals surface area contributed by atoms with Crippen molar-refractivity contribution >= 4 is 29.2 Å². The highest BCUT2D eigenvalue weighted by molar-refractivity contribution is 6.35. The topological polar surface area (TPSA) is 98.7 Å². The Balaban J connectivity index is 1.63. The van der Waals surface area contributed by atoms with Crippen LogP contribution in [-0.2, 0) is 9.53 Å². The van der Waals surface area contributed by atoms with Gasteiger partial charge in [0.25, 0.3) is 5.91 Å². The van der Waals surface area contributed by atoms with E-state index in [0.29, 0.717) is 32.1 Å². The van der Waals surface area contributed by atoms with E-state index in [0.717, 1.165) is 19.4 Å². The molecule has 2 aromatic rings. The molecule has 10 nitrogen and oxygen atoms in total. The summed E-state index contributed by atoms with van der Waals surface area (Å²) < 4.78 is 26.7. The van der Waals surface area contributed by atoms with E-state index in [1.54, 1.807) is 16.9 Å². The van der Waals surface area contributed by atoms with E-state index in [2.05, 4.69) is 37.3 Å². The average molecular weight is 616 g/mol. The van der Waals surface area contributed by atoms with Gasteiger partial charge in [-0.1, -0.05) is 24.2 Å². The number of nitrogens with zero attached hydrogens (tertiary/aromatic N) is 5. The van der Waals surface area contributed by atoms with Crippen molar-refractivity contribution in [3.8, 4) is 22.8 Å². The third-order valence-corrected chi connectivity index (χ3v) is 9.12. The van der Waals surface area contributed by atoms with Gasteiger partial charge in [0.05, 0.1) is 11.6 Å². The molecule has 5 rings (SSSR count). The lowest BCUT2D eigenvalue weighted by Gasteiger charge is -2.40. The zero-order valence-corrected chi connectivity index (χ0v) is 25.9. The number of amides is 2. The molecule has 1 aromatic carbocycles. The molecule has 1 N–H and O–H groups in total. The van der Waals surface area contributed by atoms with E-state index in [4.69, 9.17) is 26.1 Å².